The molecule has 1 aliphatic rings. The van der Waals surface area contributed by atoms with Gasteiger partial charge >= 0.3 is 0 Å². The Morgan fingerprint density at radius 1 is 0.875 bits per heavy atom. The molecule has 1 N–H and O–H groups in total. The Morgan fingerprint density at radius 2 is 1.48 bits per heavy atom. The minimum atomic E-state index is -0.406. The molecule has 0 fully saturated rings. The number of amides is 2. The van der Waals surface area contributed by atoms with Gasteiger partial charge in [0.2, 0.25) is 5.75 Å². The summed E-state index contributed by atoms with van der Waals surface area (Å²) in [5, 5.41) is 5.47. The first-order valence-electron chi connectivity index (χ1n) is 12.8. The Hall–Kier alpha value is -3.99. The monoisotopic (exact) mass is 569 g/mol. The molecule has 3 aromatic rings. The normalized spacial score (nSPS) is 13.3. The first-order valence-corrected chi connectivity index (χ1v) is 13.7. The highest BCUT2D eigenvalue weighted by molar-refractivity contribution is 7.09. The third kappa shape index (κ3) is 5.79. The Bertz CT molecular complexity index is 1360. The molecular formula is C29H35N3O7S. The van der Waals surface area contributed by atoms with E-state index < -0.39 is 6.04 Å². The minimum Gasteiger partial charge on any atom is -0.493 e. The van der Waals surface area contributed by atoms with Crippen LogP contribution in [0.5, 0.6) is 28.7 Å². The highest BCUT2D eigenvalue weighted by atomic mass is 32.1. The number of carbonyl (C=O) groups is 2. The molecule has 0 spiro atoms. The predicted octanol–water partition coefficient (Wildman–Crippen LogP) is 4.51. The third-order valence-electron chi connectivity index (χ3n) is 6.89. The number of hydrogen-bond donors (Lipinski definition) is 1. The summed E-state index contributed by atoms with van der Waals surface area (Å²) < 4.78 is 27.0. The number of carbonyl (C=O) groups excluding carboxylic acids is 2. The van der Waals surface area contributed by atoms with Gasteiger partial charge in [-0.3, -0.25) is 9.59 Å². The first kappa shape index (κ1) is 29.0. The Morgan fingerprint density at radius 3 is 2.02 bits per heavy atom. The molecule has 1 atom stereocenters. The zero-order valence-electron chi connectivity index (χ0n) is 23.8. The van der Waals surface area contributed by atoms with E-state index in [9.17, 15) is 9.59 Å². The number of hydrogen-bond acceptors (Lipinski definition) is 9. The zero-order chi connectivity index (χ0) is 29.0. The van der Waals surface area contributed by atoms with E-state index in [4.69, 9.17) is 23.7 Å². The number of nitrogens with zero attached hydrogens (tertiary/aromatic N) is 2. The molecule has 0 bridgehead atoms. The fourth-order valence-electron chi connectivity index (χ4n) is 4.70. The molecule has 2 aromatic carbocycles. The van der Waals surface area contributed by atoms with Crippen molar-refractivity contribution in [2.75, 3.05) is 42.1 Å². The molecule has 0 saturated carbocycles. The van der Waals surface area contributed by atoms with Crippen LogP contribution in [0.15, 0.2) is 29.6 Å². The van der Waals surface area contributed by atoms with Crippen molar-refractivity contribution < 1.29 is 33.3 Å². The second kappa shape index (κ2) is 12.5. The molecule has 0 unspecified atom stereocenters. The van der Waals surface area contributed by atoms with Gasteiger partial charge in [-0.05, 0) is 47.7 Å². The highest BCUT2D eigenvalue weighted by Crippen LogP contribution is 2.39. The van der Waals surface area contributed by atoms with Crippen LogP contribution in [0.1, 0.15) is 56.9 Å². The number of methoxy groups -OCH3 is 5. The van der Waals surface area contributed by atoms with Crippen molar-refractivity contribution in [2.45, 2.75) is 32.9 Å². The highest BCUT2D eigenvalue weighted by Gasteiger charge is 2.28. The van der Waals surface area contributed by atoms with Gasteiger partial charge in [-0.1, -0.05) is 13.8 Å². The van der Waals surface area contributed by atoms with Crippen LogP contribution in [0, 0.1) is 5.92 Å². The van der Waals surface area contributed by atoms with Gasteiger partial charge in [0.25, 0.3) is 11.8 Å². The topological polar surface area (TPSA) is 108 Å². The molecule has 1 aromatic heterocycles. The van der Waals surface area contributed by atoms with Crippen LogP contribution in [-0.4, -0.2) is 63.8 Å². The van der Waals surface area contributed by atoms with Crippen LogP contribution >= 0.6 is 11.3 Å². The summed E-state index contributed by atoms with van der Waals surface area (Å²) in [5.41, 5.74) is 2.86. The molecule has 11 heteroatoms. The average molecular weight is 570 g/mol. The van der Waals surface area contributed by atoms with Gasteiger partial charge in [-0.15, -0.1) is 11.3 Å². The average Bonchev–Trinajstić information content (AvgIpc) is 3.47. The molecule has 40 heavy (non-hydrogen) atoms. The van der Waals surface area contributed by atoms with Gasteiger partial charge < -0.3 is 33.9 Å². The summed E-state index contributed by atoms with van der Waals surface area (Å²) in [6, 6.07) is 6.69. The summed E-state index contributed by atoms with van der Waals surface area (Å²) in [6.45, 7) is 5.00. The standard InChI is InChI=1S/C29H35N3O7S/c1-16(2)25(31-27(33)18-11-23(37-5)26(39-7)24(12-18)38-6)28-30-20(15-40-28)29(34)32-9-8-17-10-21(35-3)22(36-4)13-19(17)14-32/h10-13,15-16,25H,8-9,14H2,1-7H3,(H,31,33)/t25-/m0/s1. The zero-order valence-corrected chi connectivity index (χ0v) is 24.6. The molecule has 10 nitrogen and oxygen atoms in total. The lowest BCUT2D eigenvalue weighted by atomic mass is 9.98. The Balaban J connectivity index is 1.52. The summed E-state index contributed by atoms with van der Waals surface area (Å²) in [6.07, 6.45) is 0.706. The van der Waals surface area contributed by atoms with Crippen molar-refractivity contribution in [2.24, 2.45) is 5.92 Å². The minimum absolute atomic E-state index is 0.0180. The van der Waals surface area contributed by atoms with E-state index in [2.05, 4.69) is 10.3 Å². The smallest absolute Gasteiger partial charge is 0.273 e. The lowest BCUT2D eigenvalue weighted by Crippen LogP contribution is -2.36. The number of rotatable bonds is 10. The maximum atomic E-state index is 13.4. The van der Waals surface area contributed by atoms with E-state index in [0.29, 0.717) is 64.5 Å². The van der Waals surface area contributed by atoms with Gasteiger partial charge in [0, 0.05) is 24.0 Å². The maximum Gasteiger partial charge on any atom is 0.273 e. The number of fused-ring (bicyclic) bond motifs is 1. The molecule has 0 radical (unpaired) electrons. The van der Waals surface area contributed by atoms with Crippen LogP contribution in [0.25, 0.3) is 0 Å². The number of aromatic nitrogens is 1. The van der Waals surface area contributed by atoms with E-state index in [-0.39, 0.29) is 17.7 Å². The second-order valence-corrected chi connectivity index (χ2v) is 10.5. The summed E-state index contributed by atoms with van der Waals surface area (Å²) in [4.78, 5) is 33.2. The first-order chi connectivity index (χ1) is 19.2. The lowest BCUT2D eigenvalue weighted by Gasteiger charge is -2.29. The fourth-order valence-corrected chi connectivity index (χ4v) is 5.71. The van der Waals surface area contributed by atoms with E-state index in [1.54, 1.807) is 36.6 Å². The second-order valence-electron chi connectivity index (χ2n) is 9.63. The largest absolute Gasteiger partial charge is 0.493 e. The van der Waals surface area contributed by atoms with Crippen molar-refractivity contribution in [3.8, 4) is 28.7 Å². The van der Waals surface area contributed by atoms with Crippen LogP contribution in [0.2, 0.25) is 0 Å². The molecule has 4 rings (SSSR count). The number of ether oxygens (including phenoxy) is 5. The van der Waals surface area contributed by atoms with E-state index in [1.807, 2.05) is 26.0 Å². The molecule has 1 aliphatic heterocycles. The molecular weight excluding hydrogens is 534 g/mol. The maximum absolute atomic E-state index is 13.4. The molecule has 0 aliphatic carbocycles. The van der Waals surface area contributed by atoms with Crippen molar-refractivity contribution in [1.82, 2.24) is 15.2 Å². The van der Waals surface area contributed by atoms with Crippen LogP contribution in [-0.2, 0) is 13.0 Å². The number of nitrogens with one attached hydrogen (secondary N) is 1. The SMILES string of the molecule is COc1cc2c(cc1OC)CN(C(=O)c1csc([C@@H](NC(=O)c3cc(OC)c(OC)c(OC)c3)C(C)C)n1)CC2. The Kier molecular flexibility index (Phi) is 9.03. The number of thiazole rings is 1. The van der Waals surface area contributed by atoms with E-state index >= 15 is 0 Å². The summed E-state index contributed by atoms with van der Waals surface area (Å²) in [7, 11) is 7.71. The Labute approximate surface area is 238 Å². The van der Waals surface area contributed by atoms with Gasteiger partial charge in [0.15, 0.2) is 23.0 Å². The molecule has 2 heterocycles. The van der Waals surface area contributed by atoms with Crippen LogP contribution in [0.3, 0.4) is 0 Å². The van der Waals surface area contributed by atoms with Gasteiger partial charge in [0.1, 0.15) is 10.7 Å². The summed E-state index contributed by atoms with van der Waals surface area (Å²) in [5.74, 6) is 2.03. The van der Waals surface area contributed by atoms with Crippen molar-refractivity contribution in [1.29, 1.82) is 0 Å². The van der Waals surface area contributed by atoms with Gasteiger partial charge in [-0.2, -0.15) is 0 Å². The van der Waals surface area contributed by atoms with Crippen LogP contribution in [0.4, 0.5) is 0 Å². The van der Waals surface area contributed by atoms with E-state index in [0.717, 1.165) is 11.1 Å². The third-order valence-corrected chi connectivity index (χ3v) is 7.82. The quantitative estimate of drug-likeness (QED) is 0.380. The molecule has 2 amide bonds. The molecule has 214 valence electrons. The van der Waals surface area contributed by atoms with Crippen molar-refractivity contribution in [3.05, 3.63) is 57.0 Å². The number of benzene rings is 2. The fraction of sp³-hybridized carbons (Fsp3) is 0.414. The van der Waals surface area contributed by atoms with Crippen molar-refractivity contribution in [3.63, 3.8) is 0 Å². The molecule has 0 saturated heterocycles. The van der Waals surface area contributed by atoms with Gasteiger partial charge in [0.05, 0.1) is 41.6 Å². The van der Waals surface area contributed by atoms with Gasteiger partial charge in [-0.25, -0.2) is 4.98 Å². The van der Waals surface area contributed by atoms with Crippen LogP contribution < -0.4 is 29.0 Å². The summed E-state index contributed by atoms with van der Waals surface area (Å²) >= 11 is 1.35. The van der Waals surface area contributed by atoms with E-state index in [1.165, 1.54) is 32.7 Å². The lowest BCUT2D eigenvalue weighted by molar-refractivity contribution is 0.0729. The predicted molar refractivity (Wildman–Crippen MR) is 151 cm³/mol. The van der Waals surface area contributed by atoms with Crippen molar-refractivity contribution >= 4 is 23.2 Å².